The summed E-state index contributed by atoms with van der Waals surface area (Å²) in [6, 6.07) is 0. The molecule has 2 heteroatoms. The zero-order chi connectivity index (χ0) is 17.6. The summed E-state index contributed by atoms with van der Waals surface area (Å²) in [6.45, 7) is 20.0. The van der Waals surface area contributed by atoms with Gasteiger partial charge in [0.2, 0.25) is 5.91 Å². The number of amides is 1. The van der Waals surface area contributed by atoms with Gasteiger partial charge in [-0.3, -0.25) is 4.79 Å². The molecular formula is C20H41NO. The van der Waals surface area contributed by atoms with E-state index in [4.69, 9.17) is 0 Å². The minimum absolute atomic E-state index is 0.0419. The molecule has 0 bridgehead atoms. The second kappa shape index (κ2) is 8.93. The Hall–Kier alpha value is -0.530. The largest absolute Gasteiger partial charge is 0.351 e. The van der Waals surface area contributed by atoms with Gasteiger partial charge < -0.3 is 5.32 Å². The summed E-state index contributed by atoms with van der Waals surface area (Å²) >= 11 is 0. The van der Waals surface area contributed by atoms with Crippen molar-refractivity contribution in [3.63, 3.8) is 0 Å². The zero-order valence-electron chi connectivity index (χ0n) is 16.7. The lowest BCUT2D eigenvalue weighted by Crippen LogP contribution is -2.51. The summed E-state index contributed by atoms with van der Waals surface area (Å²) in [6.07, 6.45) is 5.22. The van der Waals surface area contributed by atoms with E-state index in [-0.39, 0.29) is 22.8 Å². The van der Waals surface area contributed by atoms with E-state index in [1.165, 1.54) is 0 Å². The van der Waals surface area contributed by atoms with Gasteiger partial charge >= 0.3 is 0 Å². The van der Waals surface area contributed by atoms with Crippen LogP contribution in [0.5, 0.6) is 0 Å². The van der Waals surface area contributed by atoms with Gasteiger partial charge in [0.1, 0.15) is 0 Å². The third-order valence-corrected chi connectivity index (χ3v) is 5.95. The van der Waals surface area contributed by atoms with E-state index in [0.717, 1.165) is 32.1 Å². The molecular weight excluding hydrogens is 270 g/mol. The van der Waals surface area contributed by atoms with Gasteiger partial charge in [-0.05, 0) is 43.4 Å². The molecule has 0 heterocycles. The summed E-state index contributed by atoms with van der Waals surface area (Å²) in [5.74, 6) is 1.49. The highest BCUT2D eigenvalue weighted by molar-refractivity contribution is 5.80. The average molecular weight is 312 g/mol. The maximum Gasteiger partial charge on any atom is 0.224 e. The van der Waals surface area contributed by atoms with Gasteiger partial charge in [0, 0.05) is 11.5 Å². The van der Waals surface area contributed by atoms with Gasteiger partial charge in [0.05, 0.1) is 0 Å². The Balaban J connectivity index is 5.40. The van der Waals surface area contributed by atoms with Crippen LogP contribution in [0.3, 0.4) is 0 Å². The molecule has 0 rings (SSSR count). The average Bonchev–Trinajstić information content (AvgIpc) is 2.45. The lowest BCUT2D eigenvalue weighted by Gasteiger charge is -2.42. The van der Waals surface area contributed by atoms with Crippen molar-refractivity contribution in [1.82, 2.24) is 5.32 Å². The number of nitrogens with one attached hydrogen (secondary N) is 1. The molecule has 0 radical (unpaired) electrons. The maximum atomic E-state index is 13.1. The van der Waals surface area contributed by atoms with Gasteiger partial charge in [-0.1, -0.05) is 68.2 Å². The van der Waals surface area contributed by atoms with Gasteiger partial charge in [0.15, 0.2) is 0 Å². The van der Waals surface area contributed by atoms with Gasteiger partial charge in [-0.25, -0.2) is 0 Å². The highest BCUT2D eigenvalue weighted by Gasteiger charge is 2.41. The van der Waals surface area contributed by atoms with Crippen molar-refractivity contribution in [3.8, 4) is 0 Å². The fourth-order valence-electron chi connectivity index (χ4n) is 3.66. The first kappa shape index (κ1) is 21.5. The van der Waals surface area contributed by atoms with Crippen LogP contribution in [0.25, 0.3) is 0 Å². The molecule has 1 N–H and O–H groups in total. The highest BCUT2D eigenvalue weighted by Crippen LogP contribution is 2.42. The molecule has 0 saturated heterocycles. The van der Waals surface area contributed by atoms with Crippen molar-refractivity contribution in [2.75, 3.05) is 0 Å². The third-order valence-electron chi connectivity index (χ3n) is 5.95. The van der Waals surface area contributed by atoms with Crippen molar-refractivity contribution < 1.29 is 4.79 Å². The van der Waals surface area contributed by atoms with Crippen LogP contribution in [0.1, 0.15) is 94.4 Å². The molecule has 0 spiro atoms. The first-order valence-corrected chi connectivity index (χ1v) is 9.39. The van der Waals surface area contributed by atoms with Crippen molar-refractivity contribution in [2.24, 2.45) is 23.2 Å². The highest BCUT2D eigenvalue weighted by atomic mass is 16.2. The molecule has 1 amide bonds. The quantitative estimate of drug-likeness (QED) is 0.542. The molecule has 1 atom stereocenters. The predicted molar refractivity (Wildman–Crippen MR) is 97.9 cm³/mol. The summed E-state index contributed by atoms with van der Waals surface area (Å²) in [7, 11) is 0. The van der Waals surface area contributed by atoms with Gasteiger partial charge in [0.25, 0.3) is 0 Å². The van der Waals surface area contributed by atoms with Crippen LogP contribution in [0.15, 0.2) is 0 Å². The molecule has 132 valence electrons. The SMILES string of the molecule is CCC(CC)C(C)(C)C(CC(C)C)C(=O)NC(C)(CC)CC. The Bertz CT molecular complexity index is 325. The molecule has 0 aromatic rings. The molecule has 0 aromatic carbocycles. The summed E-state index contributed by atoms with van der Waals surface area (Å²) in [5, 5.41) is 3.37. The fraction of sp³-hybridized carbons (Fsp3) is 0.950. The van der Waals surface area contributed by atoms with E-state index in [2.05, 4.69) is 67.6 Å². The fourth-order valence-corrected chi connectivity index (χ4v) is 3.66. The Morgan fingerprint density at radius 1 is 0.955 bits per heavy atom. The predicted octanol–water partition coefficient (Wildman–Crippen LogP) is 5.81. The molecule has 0 aliphatic heterocycles. The second-order valence-electron chi connectivity index (χ2n) is 8.27. The van der Waals surface area contributed by atoms with Gasteiger partial charge in [-0.15, -0.1) is 0 Å². The second-order valence-corrected chi connectivity index (χ2v) is 8.27. The monoisotopic (exact) mass is 311 g/mol. The third kappa shape index (κ3) is 5.59. The summed E-state index contributed by atoms with van der Waals surface area (Å²) < 4.78 is 0. The van der Waals surface area contributed by atoms with Crippen LogP contribution in [-0.2, 0) is 4.79 Å². The molecule has 22 heavy (non-hydrogen) atoms. The smallest absolute Gasteiger partial charge is 0.224 e. The van der Waals surface area contributed by atoms with E-state index in [1.54, 1.807) is 0 Å². The minimum Gasteiger partial charge on any atom is -0.351 e. The van der Waals surface area contributed by atoms with E-state index in [0.29, 0.717) is 11.8 Å². The molecule has 0 saturated carbocycles. The van der Waals surface area contributed by atoms with Crippen LogP contribution in [0.4, 0.5) is 0 Å². The molecule has 0 aliphatic rings. The lowest BCUT2D eigenvalue weighted by atomic mass is 9.64. The number of rotatable bonds is 10. The maximum absolute atomic E-state index is 13.1. The molecule has 0 fully saturated rings. The lowest BCUT2D eigenvalue weighted by molar-refractivity contribution is -0.133. The molecule has 0 aliphatic carbocycles. The van der Waals surface area contributed by atoms with Crippen molar-refractivity contribution >= 4 is 5.91 Å². The number of hydrogen-bond acceptors (Lipinski definition) is 1. The standard InChI is InChI=1S/C20H41NO/c1-10-16(11-2)19(7,8)17(14-15(5)6)18(22)21-20(9,12-3)13-4/h15-17H,10-14H2,1-9H3,(H,21,22). The zero-order valence-corrected chi connectivity index (χ0v) is 16.7. The molecule has 1 unspecified atom stereocenters. The van der Waals surface area contributed by atoms with E-state index in [9.17, 15) is 4.79 Å². The van der Waals surface area contributed by atoms with Gasteiger partial charge in [-0.2, -0.15) is 0 Å². The minimum atomic E-state index is -0.0731. The van der Waals surface area contributed by atoms with Crippen molar-refractivity contribution in [2.45, 2.75) is 100.0 Å². The normalized spacial score (nSPS) is 14.5. The van der Waals surface area contributed by atoms with Crippen LogP contribution >= 0.6 is 0 Å². The van der Waals surface area contributed by atoms with Crippen LogP contribution in [0.2, 0.25) is 0 Å². The Morgan fingerprint density at radius 3 is 1.73 bits per heavy atom. The van der Waals surface area contributed by atoms with Crippen molar-refractivity contribution in [3.05, 3.63) is 0 Å². The molecule has 0 aromatic heterocycles. The summed E-state index contributed by atoms with van der Waals surface area (Å²) in [4.78, 5) is 13.1. The van der Waals surface area contributed by atoms with E-state index < -0.39 is 0 Å². The van der Waals surface area contributed by atoms with Crippen LogP contribution < -0.4 is 5.32 Å². The van der Waals surface area contributed by atoms with Crippen molar-refractivity contribution in [1.29, 1.82) is 0 Å². The van der Waals surface area contributed by atoms with Crippen LogP contribution in [-0.4, -0.2) is 11.4 Å². The number of hydrogen-bond donors (Lipinski definition) is 1. The first-order valence-electron chi connectivity index (χ1n) is 9.39. The van der Waals surface area contributed by atoms with Crippen LogP contribution in [0, 0.1) is 23.2 Å². The van der Waals surface area contributed by atoms with E-state index in [1.807, 2.05) is 0 Å². The Morgan fingerprint density at radius 2 is 1.41 bits per heavy atom. The Labute approximate surface area is 139 Å². The molecule has 2 nitrogen and oxygen atoms in total. The first-order chi connectivity index (χ1) is 10.1. The number of carbonyl (C=O) groups is 1. The Kier molecular flexibility index (Phi) is 8.72. The number of carbonyl (C=O) groups excluding carboxylic acids is 1. The van der Waals surface area contributed by atoms with E-state index >= 15 is 0 Å². The summed E-state index contributed by atoms with van der Waals surface area (Å²) in [5.41, 5.74) is -0.0312. The topological polar surface area (TPSA) is 29.1 Å².